The number of rotatable bonds is 6. The van der Waals surface area contributed by atoms with Crippen LogP contribution in [0.1, 0.15) is 56.9 Å². The Morgan fingerprint density at radius 1 is 0.518 bits per heavy atom. The minimum absolute atomic E-state index is 0.0103. The second kappa shape index (κ2) is 13.8. The van der Waals surface area contributed by atoms with Crippen LogP contribution in [0, 0.1) is 0 Å². The molecule has 5 atom stereocenters. The normalized spacial score (nSPS) is 21.9. The first kappa shape index (κ1) is 33.1. The molecule has 4 aliphatic rings. The summed E-state index contributed by atoms with van der Waals surface area (Å²) in [6.45, 7) is 0. The van der Waals surface area contributed by atoms with E-state index in [1.54, 1.807) is 0 Å². The van der Waals surface area contributed by atoms with Crippen LogP contribution in [0.2, 0.25) is 0 Å². The molecule has 4 aliphatic heterocycles. The molecular weight excluding hydrogens is 701 g/mol. The quantitative estimate of drug-likeness (QED) is 0.158. The molecule has 0 saturated carbocycles. The zero-order valence-electron chi connectivity index (χ0n) is 30.7. The largest absolute Gasteiger partial charge is 0.374 e. The highest BCUT2D eigenvalue weighted by molar-refractivity contribution is 8.09. The molecular formula is C51H40N4S. The highest BCUT2D eigenvalue weighted by Crippen LogP contribution is 2.65. The molecule has 0 spiro atoms. The summed E-state index contributed by atoms with van der Waals surface area (Å²) in [4.78, 5) is 4.00. The van der Waals surface area contributed by atoms with Gasteiger partial charge >= 0.3 is 0 Å². The SMILES string of the molecule is C1=C(c2ccc(-c3cccc(C4Nc5ccccc5C5=C4C4C(S5)c5ccccc5N4c4ccccc4)c3)cc2)NC(c2ccccc2)NC1c1ccccc1. The van der Waals surface area contributed by atoms with Crippen molar-refractivity contribution in [2.45, 2.75) is 29.5 Å². The summed E-state index contributed by atoms with van der Waals surface area (Å²) >= 11 is 2.04. The highest BCUT2D eigenvalue weighted by Gasteiger charge is 2.51. The fourth-order valence-corrected chi connectivity index (χ4v) is 10.8. The molecule has 11 rings (SSSR count). The molecule has 0 fully saturated rings. The number of fused-ring (bicyclic) bond motifs is 6. The van der Waals surface area contributed by atoms with E-state index in [9.17, 15) is 0 Å². The van der Waals surface area contributed by atoms with Crippen molar-refractivity contribution in [3.63, 3.8) is 0 Å². The summed E-state index contributed by atoms with van der Waals surface area (Å²) in [5, 5.41) is 12.0. The first-order valence-corrected chi connectivity index (χ1v) is 20.4. The maximum atomic E-state index is 4.04. The lowest BCUT2D eigenvalue weighted by Gasteiger charge is -2.36. The van der Waals surface area contributed by atoms with E-state index < -0.39 is 0 Å². The van der Waals surface area contributed by atoms with Gasteiger partial charge in [0.05, 0.1) is 23.4 Å². The predicted octanol–water partition coefficient (Wildman–Crippen LogP) is 12.2. The van der Waals surface area contributed by atoms with Crippen molar-refractivity contribution < 1.29 is 0 Å². The number of para-hydroxylation sites is 3. The van der Waals surface area contributed by atoms with Crippen molar-refractivity contribution in [3.05, 3.63) is 233 Å². The maximum Gasteiger partial charge on any atom is 0.104 e. The molecule has 0 aliphatic carbocycles. The number of nitrogens with zero attached hydrogens (tertiary/aromatic N) is 1. The number of hydrogen-bond donors (Lipinski definition) is 3. The van der Waals surface area contributed by atoms with E-state index in [0.29, 0.717) is 5.25 Å². The summed E-state index contributed by atoms with van der Waals surface area (Å²) in [5.41, 5.74) is 16.4. The van der Waals surface area contributed by atoms with Gasteiger partial charge in [-0.05, 0) is 80.9 Å². The average molecular weight is 741 g/mol. The van der Waals surface area contributed by atoms with Crippen LogP contribution in [0.3, 0.4) is 0 Å². The summed E-state index contributed by atoms with van der Waals surface area (Å²) in [6.07, 6.45) is 2.30. The van der Waals surface area contributed by atoms with Gasteiger partial charge in [-0.1, -0.05) is 158 Å². The second-order valence-electron chi connectivity index (χ2n) is 15.0. The van der Waals surface area contributed by atoms with Gasteiger partial charge in [-0.3, -0.25) is 5.32 Å². The molecule has 5 heteroatoms. The zero-order valence-corrected chi connectivity index (χ0v) is 31.5. The smallest absolute Gasteiger partial charge is 0.104 e. The molecule has 0 radical (unpaired) electrons. The molecule has 0 aromatic heterocycles. The third-order valence-electron chi connectivity index (χ3n) is 11.7. The molecule has 56 heavy (non-hydrogen) atoms. The van der Waals surface area contributed by atoms with E-state index in [0.717, 1.165) is 5.70 Å². The van der Waals surface area contributed by atoms with Gasteiger partial charge in [-0.2, -0.15) is 0 Å². The standard InChI is InChI=1S/C51H40N4S/c1-4-15-34(16-5-1)43-32-44(54-51(53-43)36-17-6-2-7-18-36)35-29-27-33(28-30-35)37-19-14-20-38(31-37)47-46-48-50(56-49(46)40-23-10-12-25-42(40)52-47)41-24-11-13-26-45(41)55(48)39-21-8-3-9-22-39/h1-32,43,47-48,50-54H. The Morgan fingerprint density at radius 3 is 1.98 bits per heavy atom. The van der Waals surface area contributed by atoms with E-state index in [4.69, 9.17) is 0 Å². The summed E-state index contributed by atoms with van der Waals surface area (Å²) < 4.78 is 0. The molecule has 4 nitrogen and oxygen atoms in total. The van der Waals surface area contributed by atoms with Crippen LogP contribution in [0.4, 0.5) is 17.1 Å². The summed E-state index contributed by atoms with van der Waals surface area (Å²) in [6, 6.07) is 68.7. The minimum Gasteiger partial charge on any atom is -0.374 e. The van der Waals surface area contributed by atoms with Crippen molar-refractivity contribution in [1.29, 1.82) is 0 Å². The summed E-state index contributed by atoms with van der Waals surface area (Å²) in [5.74, 6) is 0. The summed E-state index contributed by atoms with van der Waals surface area (Å²) in [7, 11) is 0. The second-order valence-corrected chi connectivity index (χ2v) is 16.1. The van der Waals surface area contributed by atoms with Crippen molar-refractivity contribution >= 4 is 39.4 Å². The van der Waals surface area contributed by atoms with Crippen LogP contribution in [-0.4, -0.2) is 6.04 Å². The van der Waals surface area contributed by atoms with Crippen LogP contribution in [-0.2, 0) is 0 Å². The van der Waals surface area contributed by atoms with Crippen LogP contribution in [0.15, 0.2) is 200 Å². The number of hydrogen-bond acceptors (Lipinski definition) is 5. The Labute approximate surface area is 332 Å². The van der Waals surface area contributed by atoms with Crippen LogP contribution < -0.4 is 20.9 Å². The molecule has 5 unspecified atom stereocenters. The van der Waals surface area contributed by atoms with Crippen LogP contribution in [0.25, 0.3) is 21.7 Å². The van der Waals surface area contributed by atoms with Gasteiger partial charge < -0.3 is 15.5 Å². The van der Waals surface area contributed by atoms with Crippen molar-refractivity contribution in [2.75, 3.05) is 10.2 Å². The number of benzene rings is 7. The molecule has 270 valence electrons. The fourth-order valence-electron chi connectivity index (χ4n) is 9.11. The number of nitrogens with one attached hydrogen (secondary N) is 3. The van der Waals surface area contributed by atoms with Gasteiger partial charge in [0.15, 0.2) is 0 Å². The molecule has 0 saturated heterocycles. The lowest BCUT2D eigenvalue weighted by molar-refractivity contribution is 0.442. The monoisotopic (exact) mass is 740 g/mol. The van der Waals surface area contributed by atoms with Gasteiger partial charge in [0.2, 0.25) is 0 Å². The van der Waals surface area contributed by atoms with Crippen molar-refractivity contribution in [3.8, 4) is 11.1 Å². The topological polar surface area (TPSA) is 39.3 Å². The zero-order chi connectivity index (χ0) is 37.0. The molecule has 3 N–H and O–H groups in total. The molecule has 0 amide bonds. The van der Waals surface area contributed by atoms with Gasteiger partial charge in [0.1, 0.15) is 6.17 Å². The first-order valence-electron chi connectivity index (χ1n) is 19.5. The molecule has 7 aromatic carbocycles. The van der Waals surface area contributed by atoms with Gasteiger partial charge in [-0.25, -0.2) is 0 Å². The van der Waals surface area contributed by atoms with E-state index >= 15 is 0 Å². The number of anilines is 3. The first-order chi connectivity index (χ1) is 27.8. The lowest BCUT2D eigenvalue weighted by Crippen LogP contribution is -2.39. The molecule has 7 aromatic rings. The van der Waals surface area contributed by atoms with Crippen molar-refractivity contribution in [1.82, 2.24) is 10.6 Å². The third-order valence-corrected chi connectivity index (χ3v) is 13.2. The van der Waals surface area contributed by atoms with E-state index in [1.807, 2.05) is 11.8 Å². The van der Waals surface area contributed by atoms with Gasteiger partial charge in [0.25, 0.3) is 0 Å². The molecule has 4 heterocycles. The van der Waals surface area contributed by atoms with E-state index in [1.165, 1.54) is 72.0 Å². The lowest BCUT2D eigenvalue weighted by atomic mass is 9.85. The Hall–Kier alpha value is -6.27. The van der Waals surface area contributed by atoms with Crippen LogP contribution in [0.5, 0.6) is 0 Å². The van der Waals surface area contributed by atoms with Gasteiger partial charge in [-0.15, -0.1) is 11.8 Å². The average Bonchev–Trinajstić information content (AvgIpc) is 3.82. The number of thioether (sulfide) groups is 1. The van der Waals surface area contributed by atoms with Crippen molar-refractivity contribution in [2.24, 2.45) is 0 Å². The molecule has 0 bridgehead atoms. The Morgan fingerprint density at radius 2 is 1.18 bits per heavy atom. The predicted molar refractivity (Wildman–Crippen MR) is 233 cm³/mol. The van der Waals surface area contributed by atoms with E-state index in [2.05, 4.69) is 215 Å². The third kappa shape index (κ3) is 5.66. The van der Waals surface area contributed by atoms with E-state index in [-0.39, 0.29) is 24.3 Å². The highest BCUT2D eigenvalue weighted by atomic mass is 32.2. The fraction of sp³-hybridized carbons (Fsp3) is 0.0980. The Bertz CT molecular complexity index is 2620. The van der Waals surface area contributed by atoms with Crippen LogP contribution >= 0.6 is 11.8 Å². The maximum absolute atomic E-state index is 4.04. The van der Waals surface area contributed by atoms with Gasteiger partial charge in [0, 0.05) is 33.2 Å². The Balaban J connectivity index is 0.948. The minimum atomic E-state index is -0.0103. The Kier molecular flexibility index (Phi) is 8.15.